The Hall–Kier alpha value is -1.31. The Bertz CT molecular complexity index is 471. The molecule has 110 valence electrons. The van der Waals surface area contributed by atoms with Gasteiger partial charge in [0.2, 0.25) is 0 Å². The lowest BCUT2D eigenvalue weighted by Crippen LogP contribution is -2.35. The summed E-state index contributed by atoms with van der Waals surface area (Å²) >= 11 is 0. The van der Waals surface area contributed by atoms with Crippen LogP contribution in [-0.4, -0.2) is 11.9 Å². The maximum absolute atomic E-state index is 12.5. The Morgan fingerprint density at radius 2 is 1.45 bits per heavy atom. The first-order chi connectivity index (χ1) is 9.58. The van der Waals surface area contributed by atoms with Gasteiger partial charge in [0.05, 0.1) is 0 Å². The minimum absolute atomic E-state index is 0.108. The molecule has 2 heteroatoms. The number of nitrogens with one attached hydrogen (secondary N) is 1. The third kappa shape index (κ3) is 3.84. The molecule has 20 heavy (non-hydrogen) atoms. The van der Waals surface area contributed by atoms with E-state index in [2.05, 4.69) is 25.2 Å². The average Bonchev–Trinajstić information content (AvgIpc) is 2.36. The van der Waals surface area contributed by atoms with Crippen LogP contribution in [0.3, 0.4) is 0 Å². The van der Waals surface area contributed by atoms with Crippen molar-refractivity contribution in [2.24, 2.45) is 0 Å². The van der Waals surface area contributed by atoms with E-state index in [4.69, 9.17) is 0 Å². The second kappa shape index (κ2) is 6.92. The van der Waals surface area contributed by atoms with Gasteiger partial charge in [-0.15, -0.1) is 0 Å². The van der Waals surface area contributed by atoms with Crippen LogP contribution < -0.4 is 5.32 Å². The van der Waals surface area contributed by atoms with E-state index in [-0.39, 0.29) is 5.91 Å². The summed E-state index contributed by atoms with van der Waals surface area (Å²) in [7, 11) is 0. The zero-order valence-corrected chi connectivity index (χ0v) is 13.1. The fourth-order valence-corrected chi connectivity index (χ4v) is 3.07. The lowest BCUT2D eigenvalue weighted by molar-refractivity contribution is 0.0929. The molecule has 0 aliphatic heterocycles. The summed E-state index contributed by atoms with van der Waals surface area (Å²) < 4.78 is 0. The molecule has 2 rings (SSSR count). The van der Waals surface area contributed by atoms with E-state index in [1.807, 2.05) is 13.0 Å². The number of hydrogen-bond donors (Lipinski definition) is 1. The van der Waals surface area contributed by atoms with Gasteiger partial charge in [-0.05, 0) is 56.4 Å². The van der Waals surface area contributed by atoms with Crippen molar-refractivity contribution in [3.05, 3.63) is 34.4 Å². The van der Waals surface area contributed by atoms with Gasteiger partial charge in [-0.3, -0.25) is 4.79 Å². The van der Waals surface area contributed by atoms with E-state index in [0.717, 1.165) is 24.0 Å². The first-order valence-corrected chi connectivity index (χ1v) is 7.96. The number of rotatable bonds is 2. The van der Waals surface area contributed by atoms with Crippen LogP contribution in [0.5, 0.6) is 0 Å². The second-order valence-corrected chi connectivity index (χ2v) is 6.27. The quantitative estimate of drug-likeness (QED) is 0.847. The molecule has 0 bridgehead atoms. The van der Waals surface area contributed by atoms with Gasteiger partial charge in [0.15, 0.2) is 0 Å². The summed E-state index contributed by atoms with van der Waals surface area (Å²) in [4.78, 5) is 12.5. The Kier molecular flexibility index (Phi) is 5.22. The van der Waals surface area contributed by atoms with Crippen LogP contribution in [0.2, 0.25) is 0 Å². The van der Waals surface area contributed by atoms with E-state index in [0.29, 0.717) is 6.04 Å². The van der Waals surface area contributed by atoms with Gasteiger partial charge >= 0.3 is 0 Å². The van der Waals surface area contributed by atoms with Gasteiger partial charge in [-0.1, -0.05) is 38.2 Å². The minimum Gasteiger partial charge on any atom is -0.349 e. The van der Waals surface area contributed by atoms with Gasteiger partial charge in [-0.2, -0.15) is 0 Å². The summed E-state index contributed by atoms with van der Waals surface area (Å²) in [6, 6.07) is 4.51. The van der Waals surface area contributed by atoms with Crippen LogP contribution in [0.25, 0.3) is 0 Å². The summed E-state index contributed by atoms with van der Waals surface area (Å²) in [6.45, 7) is 6.19. The van der Waals surface area contributed by atoms with E-state index in [1.54, 1.807) is 0 Å². The number of carbonyl (C=O) groups is 1. The normalized spacial score (nSPS) is 17.4. The molecule has 1 fully saturated rings. The number of hydrogen-bond acceptors (Lipinski definition) is 1. The Balaban J connectivity index is 2.05. The summed E-state index contributed by atoms with van der Waals surface area (Å²) in [5, 5.41) is 3.25. The lowest BCUT2D eigenvalue weighted by atomic mass is 9.95. The highest BCUT2D eigenvalue weighted by atomic mass is 16.1. The van der Waals surface area contributed by atoms with Crippen LogP contribution in [0.15, 0.2) is 12.1 Å². The fraction of sp³-hybridized carbons (Fsp3) is 0.611. The second-order valence-electron chi connectivity index (χ2n) is 6.27. The predicted molar refractivity (Wildman–Crippen MR) is 84.2 cm³/mol. The van der Waals surface area contributed by atoms with Crippen molar-refractivity contribution in [2.75, 3.05) is 0 Å². The van der Waals surface area contributed by atoms with Crippen molar-refractivity contribution < 1.29 is 4.79 Å². The number of aryl methyl sites for hydroxylation is 3. The summed E-state index contributed by atoms with van der Waals surface area (Å²) in [5.41, 5.74) is 4.37. The Morgan fingerprint density at radius 1 is 0.900 bits per heavy atom. The van der Waals surface area contributed by atoms with Crippen LogP contribution in [0.1, 0.15) is 72.0 Å². The van der Waals surface area contributed by atoms with E-state index >= 15 is 0 Å². The molecule has 2 nitrogen and oxygen atoms in total. The molecule has 1 N–H and O–H groups in total. The molecular formula is C18H27NO. The van der Waals surface area contributed by atoms with Crippen molar-refractivity contribution in [3.8, 4) is 0 Å². The summed E-state index contributed by atoms with van der Waals surface area (Å²) in [5.74, 6) is 0.108. The Labute approximate surface area is 123 Å². The molecule has 1 amide bonds. The molecule has 0 radical (unpaired) electrons. The van der Waals surface area contributed by atoms with Crippen LogP contribution >= 0.6 is 0 Å². The highest BCUT2D eigenvalue weighted by Gasteiger charge is 2.16. The number of amides is 1. The molecule has 1 aliphatic carbocycles. The topological polar surface area (TPSA) is 29.1 Å². The molecule has 0 heterocycles. The zero-order chi connectivity index (χ0) is 14.5. The molecule has 1 aromatic rings. The fourth-order valence-electron chi connectivity index (χ4n) is 3.07. The monoisotopic (exact) mass is 273 g/mol. The number of benzene rings is 1. The average molecular weight is 273 g/mol. The van der Waals surface area contributed by atoms with Crippen molar-refractivity contribution in [2.45, 2.75) is 71.8 Å². The van der Waals surface area contributed by atoms with E-state index in [9.17, 15) is 4.79 Å². The lowest BCUT2D eigenvalue weighted by Gasteiger charge is -2.21. The van der Waals surface area contributed by atoms with Gasteiger partial charge in [-0.25, -0.2) is 0 Å². The SMILES string of the molecule is Cc1cc(C)c(C(=O)NC2CCCCCCC2)cc1C. The van der Waals surface area contributed by atoms with Crippen LogP contribution in [-0.2, 0) is 0 Å². The molecule has 0 aromatic heterocycles. The molecule has 1 aliphatic rings. The summed E-state index contributed by atoms with van der Waals surface area (Å²) in [6.07, 6.45) is 8.75. The van der Waals surface area contributed by atoms with Gasteiger partial charge in [0.1, 0.15) is 0 Å². The third-order valence-corrected chi connectivity index (χ3v) is 4.53. The van der Waals surface area contributed by atoms with Crippen molar-refractivity contribution in [1.82, 2.24) is 5.32 Å². The number of carbonyl (C=O) groups excluding carboxylic acids is 1. The largest absolute Gasteiger partial charge is 0.349 e. The molecule has 0 unspecified atom stereocenters. The zero-order valence-electron chi connectivity index (χ0n) is 13.1. The first-order valence-electron chi connectivity index (χ1n) is 7.96. The van der Waals surface area contributed by atoms with Gasteiger partial charge in [0.25, 0.3) is 5.91 Å². The van der Waals surface area contributed by atoms with E-state index in [1.165, 1.54) is 43.2 Å². The minimum atomic E-state index is 0.108. The smallest absolute Gasteiger partial charge is 0.251 e. The first kappa shape index (κ1) is 15.1. The molecule has 1 saturated carbocycles. The molecule has 0 spiro atoms. The predicted octanol–water partition coefficient (Wildman–Crippen LogP) is 4.45. The van der Waals surface area contributed by atoms with Crippen molar-refractivity contribution in [3.63, 3.8) is 0 Å². The molecule has 0 saturated heterocycles. The maximum atomic E-state index is 12.5. The standard InChI is InChI=1S/C18H27NO/c1-13-11-15(3)17(12-14(13)2)18(20)19-16-9-7-5-4-6-8-10-16/h11-12,16H,4-10H2,1-3H3,(H,19,20). The molecular weight excluding hydrogens is 246 g/mol. The molecule has 1 aromatic carbocycles. The maximum Gasteiger partial charge on any atom is 0.251 e. The Morgan fingerprint density at radius 3 is 2.10 bits per heavy atom. The van der Waals surface area contributed by atoms with E-state index < -0.39 is 0 Å². The van der Waals surface area contributed by atoms with Crippen molar-refractivity contribution in [1.29, 1.82) is 0 Å². The van der Waals surface area contributed by atoms with Crippen LogP contribution in [0.4, 0.5) is 0 Å². The van der Waals surface area contributed by atoms with Crippen molar-refractivity contribution >= 4 is 5.91 Å². The van der Waals surface area contributed by atoms with Gasteiger partial charge < -0.3 is 5.32 Å². The molecule has 0 atom stereocenters. The highest BCUT2D eigenvalue weighted by Crippen LogP contribution is 2.19. The van der Waals surface area contributed by atoms with Gasteiger partial charge in [0, 0.05) is 11.6 Å². The van der Waals surface area contributed by atoms with Crippen LogP contribution in [0, 0.1) is 20.8 Å². The third-order valence-electron chi connectivity index (χ3n) is 4.53. The highest BCUT2D eigenvalue weighted by molar-refractivity contribution is 5.96.